The molecule has 2 N–H and O–H groups in total. The van der Waals surface area contributed by atoms with Crippen LogP contribution in [0.25, 0.3) is 0 Å². The molecule has 0 aromatic carbocycles. The summed E-state index contributed by atoms with van der Waals surface area (Å²) in [5, 5.41) is 18.5. The predicted molar refractivity (Wildman–Crippen MR) is 86.6 cm³/mol. The third-order valence-electron chi connectivity index (χ3n) is 4.49. The normalized spacial score (nSPS) is 23.3. The van der Waals surface area contributed by atoms with Crippen LogP contribution in [-0.4, -0.2) is 28.1 Å². The molecule has 1 aliphatic carbocycles. The number of allylic oxidation sites excluding steroid dienone is 1. The van der Waals surface area contributed by atoms with Gasteiger partial charge in [-0.15, -0.1) is 0 Å². The van der Waals surface area contributed by atoms with Crippen molar-refractivity contribution in [1.82, 2.24) is 0 Å². The Morgan fingerprint density at radius 2 is 2.09 bits per heavy atom. The molecular formula is C18H30O4. The van der Waals surface area contributed by atoms with E-state index in [1.807, 2.05) is 12.2 Å². The molecule has 0 amide bonds. The van der Waals surface area contributed by atoms with E-state index in [9.17, 15) is 14.7 Å². The molecule has 1 saturated carbocycles. The van der Waals surface area contributed by atoms with Crippen LogP contribution in [0.1, 0.15) is 71.1 Å². The van der Waals surface area contributed by atoms with E-state index in [-0.39, 0.29) is 18.3 Å². The number of ketones is 1. The first-order chi connectivity index (χ1) is 10.5. The van der Waals surface area contributed by atoms with Crippen molar-refractivity contribution in [1.29, 1.82) is 0 Å². The lowest BCUT2D eigenvalue weighted by Gasteiger charge is -2.15. The number of hydrogen-bond donors (Lipinski definition) is 2. The van der Waals surface area contributed by atoms with Gasteiger partial charge in [0.05, 0.1) is 6.10 Å². The molecular weight excluding hydrogens is 280 g/mol. The summed E-state index contributed by atoms with van der Waals surface area (Å²) in [6.07, 6.45) is 11.4. The van der Waals surface area contributed by atoms with Crippen molar-refractivity contribution in [3.8, 4) is 0 Å². The number of aliphatic hydroxyl groups excluding tert-OH is 1. The number of carboxylic acids is 1. The fourth-order valence-electron chi connectivity index (χ4n) is 3.14. The van der Waals surface area contributed by atoms with Crippen LogP contribution in [0.4, 0.5) is 0 Å². The van der Waals surface area contributed by atoms with Crippen molar-refractivity contribution in [3.63, 3.8) is 0 Å². The van der Waals surface area contributed by atoms with Gasteiger partial charge < -0.3 is 10.2 Å². The maximum atomic E-state index is 12.0. The molecule has 0 bridgehead atoms. The second kappa shape index (κ2) is 10.5. The predicted octanol–water partition coefficient (Wildman–Crippen LogP) is 3.72. The summed E-state index contributed by atoms with van der Waals surface area (Å²) in [5.74, 6) is -0.0996. The van der Waals surface area contributed by atoms with Gasteiger partial charge in [-0.25, -0.2) is 0 Å². The Labute approximate surface area is 133 Å². The summed E-state index contributed by atoms with van der Waals surface area (Å²) < 4.78 is 0. The van der Waals surface area contributed by atoms with Crippen LogP contribution >= 0.6 is 0 Å². The Bertz CT molecular complexity index is 375. The van der Waals surface area contributed by atoms with Crippen molar-refractivity contribution in [2.24, 2.45) is 11.8 Å². The number of carbonyl (C=O) groups excluding carboxylic acids is 1. The van der Waals surface area contributed by atoms with E-state index in [4.69, 9.17) is 5.11 Å². The number of Topliss-reactive ketones (excluding diaryl/α,β-unsaturated/α-hetero) is 1. The van der Waals surface area contributed by atoms with Gasteiger partial charge in [0.2, 0.25) is 0 Å². The zero-order chi connectivity index (χ0) is 16.4. The summed E-state index contributed by atoms with van der Waals surface area (Å²) in [4.78, 5) is 22.4. The third-order valence-corrected chi connectivity index (χ3v) is 4.49. The topological polar surface area (TPSA) is 74.6 Å². The molecule has 3 unspecified atom stereocenters. The zero-order valence-corrected chi connectivity index (χ0v) is 13.7. The minimum atomic E-state index is -0.751. The van der Waals surface area contributed by atoms with E-state index >= 15 is 0 Å². The summed E-state index contributed by atoms with van der Waals surface area (Å²) in [6, 6.07) is 0. The van der Waals surface area contributed by atoms with E-state index < -0.39 is 12.1 Å². The van der Waals surface area contributed by atoms with Gasteiger partial charge in [-0.1, -0.05) is 44.8 Å². The van der Waals surface area contributed by atoms with Crippen molar-refractivity contribution in [2.45, 2.75) is 77.2 Å². The third kappa shape index (κ3) is 7.21. The van der Waals surface area contributed by atoms with Gasteiger partial charge in [-0.2, -0.15) is 0 Å². The maximum Gasteiger partial charge on any atom is 0.303 e. The molecule has 1 fully saturated rings. The van der Waals surface area contributed by atoms with Gasteiger partial charge in [0.25, 0.3) is 0 Å². The quantitative estimate of drug-likeness (QED) is 0.450. The standard InChI is InChI=1S/C18H30O4/c1-2-3-7-15(19)12-10-14-11-13-17(20)16(14)8-5-4-6-9-18(21)22/h10,12,14-16,19H,2-9,11,13H2,1H3,(H,21,22)/b12-10+. The van der Waals surface area contributed by atoms with Gasteiger partial charge in [0.1, 0.15) is 5.78 Å². The van der Waals surface area contributed by atoms with E-state index in [0.717, 1.165) is 44.9 Å². The van der Waals surface area contributed by atoms with E-state index in [1.54, 1.807) is 0 Å². The van der Waals surface area contributed by atoms with Crippen LogP contribution in [0.5, 0.6) is 0 Å². The average molecular weight is 310 g/mol. The molecule has 0 aliphatic heterocycles. The molecule has 0 saturated heterocycles. The average Bonchev–Trinajstić information content (AvgIpc) is 2.83. The van der Waals surface area contributed by atoms with E-state index in [0.29, 0.717) is 18.6 Å². The largest absolute Gasteiger partial charge is 0.481 e. The van der Waals surface area contributed by atoms with Crippen molar-refractivity contribution >= 4 is 11.8 Å². The van der Waals surface area contributed by atoms with Crippen LogP contribution < -0.4 is 0 Å². The van der Waals surface area contributed by atoms with Gasteiger partial charge in [-0.3, -0.25) is 9.59 Å². The highest BCUT2D eigenvalue weighted by Crippen LogP contribution is 2.34. The molecule has 0 heterocycles. The molecule has 0 aromatic rings. The monoisotopic (exact) mass is 310 g/mol. The summed E-state index contributed by atoms with van der Waals surface area (Å²) >= 11 is 0. The first kappa shape index (κ1) is 18.9. The van der Waals surface area contributed by atoms with Crippen LogP contribution in [0.15, 0.2) is 12.2 Å². The smallest absolute Gasteiger partial charge is 0.303 e. The maximum absolute atomic E-state index is 12.0. The number of carboxylic acid groups (broad SMARTS) is 1. The molecule has 1 rings (SSSR count). The molecule has 1 aliphatic rings. The van der Waals surface area contributed by atoms with Crippen molar-refractivity contribution in [3.05, 3.63) is 12.2 Å². The lowest BCUT2D eigenvalue weighted by Crippen LogP contribution is -2.14. The fourth-order valence-corrected chi connectivity index (χ4v) is 3.14. The van der Waals surface area contributed by atoms with Crippen LogP contribution in [0.3, 0.4) is 0 Å². The molecule has 22 heavy (non-hydrogen) atoms. The second-order valence-corrected chi connectivity index (χ2v) is 6.36. The second-order valence-electron chi connectivity index (χ2n) is 6.36. The molecule has 4 nitrogen and oxygen atoms in total. The minimum Gasteiger partial charge on any atom is -0.481 e. The number of aliphatic hydroxyl groups is 1. The Hall–Kier alpha value is -1.16. The Kier molecular flexibility index (Phi) is 9.05. The molecule has 0 spiro atoms. The van der Waals surface area contributed by atoms with E-state index in [2.05, 4.69) is 6.92 Å². The van der Waals surface area contributed by atoms with Crippen molar-refractivity contribution < 1.29 is 19.8 Å². The van der Waals surface area contributed by atoms with Gasteiger partial charge in [0, 0.05) is 18.8 Å². The Morgan fingerprint density at radius 3 is 2.77 bits per heavy atom. The molecule has 0 aromatic heterocycles. The van der Waals surface area contributed by atoms with E-state index in [1.165, 1.54) is 0 Å². The van der Waals surface area contributed by atoms with Crippen LogP contribution in [0.2, 0.25) is 0 Å². The van der Waals surface area contributed by atoms with Crippen LogP contribution in [-0.2, 0) is 9.59 Å². The number of carbonyl (C=O) groups is 2. The summed E-state index contributed by atoms with van der Waals surface area (Å²) in [6.45, 7) is 2.10. The first-order valence-corrected chi connectivity index (χ1v) is 8.65. The Balaban J connectivity index is 2.34. The van der Waals surface area contributed by atoms with Crippen LogP contribution in [0, 0.1) is 11.8 Å². The highest BCUT2D eigenvalue weighted by atomic mass is 16.4. The summed E-state index contributed by atoms with van der Waals surface area (Å²) in [7, 11) is 0. The lowest BCUT2D eigenvalue weighted by atomic mass is 9.89. The summed E-state index contributed by atoms with van der Waals surface area (Å²) in [5.41, 5.74) is 0. The first-order valence-electron chi connectivity index (χ1n) is 8.65. The molecule has 0 radical (unpaired) electrons. The highest BCUT2D eigenvalue weighted by molar-refractivity contribution is 5.83. The lowest BCUT2D eigenvalue weighted by molar-refractivity contribution is -0.137. The number of rotatable bonds is 11. The number of hydrogen-bond acceptors (Lipinski definition) is 3. The molecule has 4 heteroatoms. The minimum absolute atomic E-state index is 0.0689. The zero-order valence-electron chi connectivity index (χ0n) is 13.7. The van der Waals surface area contributed by atoms with Gasteiger partial charge in [-0.05, 0) is 31.6 Å². The highest BCUT2D eigenvalue weighted by Gasteiger charge is 2.32. The molecule has 126 valence electrons. The number of aliphatic carboxylic acids is 1. The molecule has 3 atom stereocenters. The van der Waals surface area contributed by atoms with Gasteiger partial charge >= 0.3 is 5.97 Å². The fraction of sp³-hybridized carbons (Fsp3) is 0.778. The number of unbranched alkanes of at least 4 members (excludes halogenated alkanes) is 3. The Morgan fingerprint density at radius 1 is 1.32 bits per heavy atom. The van der Waals surface area contributed by atoms with Gasteiger partial charge in [0.15, 0.2) is 0 Å². The van der Waals surface area contributed by atoms with Crippen molar-refractivity contribution in [2.75, 3.05) is 0 Å². The SMILES string of the molecule is CCCCC(O)/C=C/C1CCC(=O)C1CCCCCC(=O)O.